The highest BCUT2D eigenvalue weighted by atomic mass is 16.4. The van der Waals surface area contributed by atoms with E-state index >= 15 is 0 Å². The maximum Gasteiger partial charge on any atom is 0.335 e. The Kier molecular flexibility index (Phi) is 4.77. The van der Waals surface area contributed by atoms with Crippen LogP contribution in [0, 0.1) is 22.7 Å². The van der Waals surface area contributed by atoms with Crippen LogP contribution in [0.1, 0.15) is 30.6 Å². The van der Waals surface area contributed by atoms with Crippen LogP contribution in [0.25, 0.3) is 0 Å². The van der Waals surface area contributed by atoms with Gasteiger partial charge in [-0.05, 0) is 42.7 Å². The molecule has 1 amide bonds. The van der Waals surface area contributed by atoms with Crippen molar-refractivity contribution in [1.82, 2.24) is 9.97 Å². The van der Waals surface area contributed by atoms with Crippen molar-refractivity contribution in [2.24, 2.45) is 11.3 Å². The molecule has 1 fully saturated rings. The van der Waals surface area contributed by atoms with E-state index in [4.69, 9.17) is 5.11 Å². The molecule has 1 aliphatic rings. The molecule has 138 valence electrons. The molecule has 1 saturated heterocycles. The van der Waals surface area contributed by atoms with Gasteiger partial charge in [-0.3, -0.25) is 9.69 Å². The van der Waals surface area contributed by atoms with Gasteiger partial charge in [0.1, 0.15) is 11.2 Å². The molecule has 1 aromatic heterocycles. The van der Waals surface area contributed by atoms with Gasteiger partial charge < -0.3 is 10.4 Å². The molecule has 0 bridgehead atoms. The Balaban J connectivity index is 1.81. The second-order valence-electron chi connectivity index (χ2n) is 6.69. The van der Waals surface area contributed by atoms with E-state index < -0.39 is 11.4 Å². The van der Waals surface area contributed by atoms with Crippen molar-refractivity contribution >= 4 is 29.3 Å². The second kappa shape index (κ2) is 7.03. The van der Waals surface area contributed by atoms with Gasteiger partial charge in [-0.1, -0.05) is 13.8 Å². The molecule has 0 radical (unpaired) electrons. The number of carbonyl (C=O) groups excluding carboxylic acids is 1. The molecule has 8 nitrogen and oxygen atoms in total. The van der Waals surface area contributed by atoms with E-state index in [-0.39, 0.29) is 23.3 Å². The number of hydrogen-bond acceptors (Lipinski definition) is 6. The van der Waals surface area contributed by atoms with Gasteiger partial charge in [0.15, 0.2) is 0 Å². The summed E-state index contributed by atoms with van der Waals surface area (Å²) in [7, 11) is 0. The topological polar surface area (TPSA) is 119 Å². The van der Waals surface area contributed by atoms with E-state index in [2.05, 4.69) is 21.4 Å². The minimum atomic E-state index is -1.02. The number of nitriles is 1. The molecule has 2 heterocycles. The first-order valence-corrected chi connectivity index (χ1v) is 8.54. The van der Waals surface area contributed by atoms with E-state index in [0.717, 1.165) is 0 Å². The minimum absolute atomic E-state index is 0.0906. The fourth-order valence-corrected chi connectivity index (χ4v) is 3.11. The highest BCUT2D eigenvalue weighted by Crippen LogP contribution is 2.40. The number of amides is 1. The molecule has 1 atom stereocenters. The lowest BCUT2D eigenvalue weighted by Gasteiger charge is -2.24. The number of aromatic carboxylic acids is 1. The Hall–Kier alpha value is -3.47. The summed E-state index contributed by atoms with van der Waals surface area (Å²) >= 11 is 0. The molecule has 1 aliphatic heterocycles. The third-order valence-electron chi connectivity index (χ3n) is 4.85. The van der Waals surface area contributed by atoms with Crippen LogP contribution in [0.5, 0.6) is 0 Å². The number of carboxylic acid groups (broad SMARTS) is 1. The van der Waals surface area contributed by atoms with Crippen LogP contribution in [0.2, 0.25) is 0 Å². The Morgan fingerprint density at radius 2 is 2.04 bits per heavy atom. The summed E-state index contributed by atoms with van der Waals surface area (Å²) in [4.78, 5) is 33.8. The number of carboxylic acids is 1. The summed E-state index contributed by atoms with van der Waals surface area (Å²) in [6.45, 7) is 4.17. The van der Waals surface area contributed by atoms with Gasteiger partial charge in [0, 0.05) is 18.4 Å². The summed E-state index contributed by atoms with van der Waals surface area (Å²) in [6, 6.07) is 10.00. The summed E-state index contributed by atoms with van der Waals surface area (Å²) < 4.78 is 0. The van der Waals surface area contributed by atoms with Gasteiger partial charge in [-0.25, -0.2) is 9.78 Å². The third kappa shape index (κ3) is 3.31. The van der Waals surface area contributed by atoms with Crippen LogP contribution in [0.4, 0.5) is 17.5 Å². The molecule has 0 unspecified atom stereocenters. The fourth-order valence-electron chi connectivity index (χ4n) is 3.11. The molecular formula is C19H19N5O3. The first kappa shape index (κ1) is 18.3. The molecule has 0 aliphatic carbocycles. The summed E-state index contributed by atoms with van der Waals surface area (Å²) in [5.41, 5.74) is -0.219. The molecule has 2 N–H and O–H groups in total. The first-order chi connectivity index (χ1) is 12.9. The second-order valence-corrected chi connectivity index (χ2v) is 6.69. The van der Waals surface area contributed by atoms with E-state index in [1.54, 1.807) is 18.2 Å². The Labute approximate surface area is 156 Å². The molecule has 0 saturated carbocycles. The maximum absolute atomic E-state index is 12.8. The number of carbonyl (C=O) groups is 2. The first-order valence-electron chi connectivity index (χ1n) is 8.54. The van der Waals surface area contributed by atoms with Crippen LogP contribution < -0.4 is 10.2 Å². The highest BCUT2D eigenvalue weighted by Gasteiger charge is 2.50. The zero-order valence-electron chi connectivity index (χ0n) is 15.0. The van der Waals surface area contributed by atoms with Gasteiger partial charge in [0.05, 0.1) is 11.6 Å². The van der Waals surface area contributed by atoms with Crippen LogP contribution >= 0.6 is 0 Å². The monoisotopic (exact) mass is 365 g/mol. The normalized spacial score (nSPS) is 19.2. The number of aromatic nitrogens is 2. The number of nitrogens with zero attached hydrogens (tertiary/aromatic N) is 4. The smallest absolute Gasteiger partial charge is 0.335 e. The van der Waals surface area contributed by atoms with E-state index in [0.29, 0.717) is 24.5 Å². The van der Waals surface area contributed by atoms with Gasteiger partial charge in [0.25, 0.3) is 0 Å². The van der Waals surface area contributed by atoms with Crippen LogP contribution in [0.3, 0.4) is 0 Å². The minimum Gasteiger partial charge on any atom is -0.478 e. The lowest BCUT2D eigenvalue weighted by atomic mass is 9.77. The lowest BCUT2D eigenvalue weighted by molar-refractivity contribution is -0.124. The lowest BCUT2D eigenvalue weighted by Crippen LogP contribution is -2.37. The van der Waals surface area contributed by atoms with Crippen molar-refractivity contribution in [3.05, 3.63) is 42.1 Å². The summed E-state index contributed by atoms with van der Waals surface area (Å²) in [5, 5.41) is 21.5. The van der Waals surface area contributed by atoms with Crippen molar-refractivity contribution in [3.8, 4) is 6.07 Å². The predicted octanol–water partition coefficient (Wildman–Crippen LogP) is 2.82. The highest BCUT2D eigenvalue weighted by molar-refractivity contribution is 6.01. The average Bonchev–Trinajstić information content (AvgIpc) is 3.00. The van der Waals surface area contributed by atoms with Gasteiger partial charge in [-0.2, -0.15) is 10.2 Å². The summed E-state index contributed by atoms with van der Waals surface area (Å²) in [6.07, 6.45) is 1.99. The van der Waals surface area contributed by atoms with Gasteiger partial charge in [-0.15, -0.1) is 0 Å². The zero-order chi connectivity index (χ0) is 19.6. The summed E-state index contributed by atoms with van der Waals surface area (Å²) in [5.74, 6) is -0.624. The fraction of sp³-hybridized carbons (Fsp3) is 0.316. The van der Waals surface area contributed by atoms with E-state index in [9.17, 15) is 14.9 Å². The van der Waals surface area contributed by atoms with Crippen LogP contribution in [0.15, 0.2) is 36.5 Å². The number of nitrogens with one attached hydrogen (secondary N) is 1. The van der Waals surface area contributed by atoms with Crippen molar-refractivity contribution in [1.29, 1.82) is 5.26 Å². The van der Waals surface area contributed by atoms with Crippen molar-refractivity contribution < 1.29 is 14.7 Å². The molecular weight excluding hydrogens is 346 g/mol. The van der Waals surface area contributed by atoms with Crippen LogP contribution in [-0.4, -0.2) is 33.5 Å². The third-order valence-corrected chi connectivity index (χ3v) is 4.85. The molecule has 3 rings (SSSR count). The quantitative estimate of drug-likeness (QED) is 0.836. The maximum atomic E-state index is 12.8. The van der Waals surface area contributed by atoms with E-state index in [1.807, 2.05) is 13.8 Å². The average molecular weight is 365 g/mol. The zero-order valence-corrected chi connectivity index (χ0v) is 15.0. The largest absolute Gasteiger partial charge is 0.478 e. The van der Waals surface area contributed by atoms with E-state index in [1.165, 1.54) is 23.2 Å². The van der Waals surface area contributed by atoms with Gasteiger partial charge >= 0.3 is 5.97 Å². The van der Waals surface area contributed by atoms with Gasteiger partial charge in [0.2, 0.25) is 11.9 Å². The molecule has 1 aromatic carbocycles. The Morgan fingerprint density at radius 1 is 1.33 bits per heavy atom. The number of hydrogen-bond donors (Lipinski definition) is 2. The molecule has 2 aromatic rings. The SMILES string of the molecule is CC(C)[C@]1(C#N)CCN(c2ccnc(Nc3ccc(C(=O)O)cc3)n2)C1=O. The number of anilines is 3. The van der Waals surface area contributed by atoms with Crippen molar-refractivity contribution in [3.63, 3.8) is 0 Å². The molecule has 8 heteroatoms. The standard InChI is InChI=1S/C19H19N5O3/c1-12(2)19(11-20)8-10-24(17(19)27)15-7-9-21-18(23-15)22-14-5-3-13(4-6-14)16(25)26/h3-7,9,12H,8,10H2,1-2H3,(H,25,26)(H,21,22,23)/t19-/m1/s1. The Morgan fingerprint density at radius 3 is 2.59 bits per heavy atom. The predicted molar refractivity (Wildman–Crippen MR) is 98.6 cm³/mol. The van der Waals surface area contributed by atoms with Crippen molar-refractivity contribution in [2.45, 2.75) is 20.3 Å². The molecule has 27 heavy (non-hydrogen) atoms. The molecule has 0 spiro atoms. The number of rotatable bonds is 5. The van der Waals surface area contributed by atoms with Crippen molar-refractivity contribution in [2.75, 3.05) is 16.8 Å². The Bertz CT molecular complexity index is 920. The number of benzene rings is 1. The van der Waals surface area contributed by atoms with Crippen LogP contribution in [-0.2, 0) is 4.79 Å².